The van der Waals surface area contributed by atoms with E-state index < -0.39 is 6.29 Å². The number of carbonyl (C=O) groups is 1. The Morgan fingerprint density at radius 2 is 2.15 bits per heavy atom. The Balaban J connectivity index is 1.61. The van der Waals surface area contributed by atoms with Gasteiger partial charge in [-0.1, -0.05) is 0 Å². The Hall–Kier alpha value is -0.530. The first-order chi connectivity index (χ1) is 9.44. The Morgan fingerprint density at radius 3 is 2.90 bits per heavy atom. The van der Waals surface area contributed by atoms with Crippen LogP contribution in [0.1, 0.15) is 27.2 Å². The highest BCUT2D eigenvalue weighted by Gasteiger charge is 2.62. The number of hydrogen-bond acceptors (Lipinski definition) is 6. The lowest BCUT2D eigenvalue weighted by Crippen LogP contribution is -2.51. The van der Waals surface area contributed by atoms with Crippen LogP contribution in [0.5, 0.6) is 0 Å². The molecule has 0 spiro atoms. The minimum atomic E-state index is -0.694. The molecule has 0 N–H and O–H groups in total. The molecule has 4 aliphatic heterocycles. The van der Waals surface area contributed by atoms with Crippen LogP contribution in [0, 0.1) is 5.92 Å². The third-order valence-corrected chi connectivity index (χ3v) is 4.47. The standard InChI is InChI=1S/C14H21NO5/c1-14(2,3)19-7-4-5-15-10(7)9-11(16)13-17-6-8(18-13)12(9)20-15/h7-10,12-13H,4-6H2,1-3H3/t7-,8+,9-,10-,12+,13+/m0/s1. The van der Waals surface area contributed by atoms with E-state index in [0.717, 1.165) is 13.0 Å². The molecule has 0 radical (unpaired) electrons. The van der Waals surface area contributed by atoms with E-state index in [4.69, 9.17) is 19.0 Å². The maximum Gasteiger partial charge on any atom is 0.218 e. The lowest BCUT2D eigenvalue weighted by Gasteiger charge is -2.33. The summed E-state index contributed by atoms with van der Waals surface area (Å²) in [5.41, 5.74) is -0.220. The van der Waals surface area contributed by atoms with Crippen molar-refractivity contribution in [3.05, 3.63) is 0 Å². The summed E-state index contributed by atoms with van der Waals surface area (Å²) in [7, 11) is 0. The number of hydrogen-bond donors (Lipinski definition) is 0. The second-order valence-electron chi connectivity index (χ2n) is 7.03. The molecule has 4 fully saturated rings. The molecule has 4 aliphatic rings. The number of nitrogens with zero attached hydrogens (tertiary/aromatic N) is 1. The summed E-state index contributed by atoms with van der Waals surface area (Å²) in [6.07, 6.45) is -0.0940. The van der Waals surface area contributed by atoms with Gasteiger partial charge in [-0.15, -0.1) is 0 Å². The van der Waals surface area contributed by atoms with Gasteiger partial charge in [0.15, 0.2) is 5.78 Å². The minimum absolute atomic E-state index is 0.00215. The maximum atomic E-state index is 12.5. The van der Waals surface area contributed by atoms with E-state index in [-0.39, 0.29) is 41.7 Å². The normalized spacial score (nSPS) is 47.6. The van der Waals surface area contributed by atoms with E-state index in [9.17, 15) is 4.79 Å². The van der Waals surface area contributed by atoms with Gasteiger partial charge in [-0.2, -0.15) is 5.06 Å². The molecule has 0 saturated carbocycles. The SMILES string of the molecule is CC(C)(C)O[C@H]1CCN2O[C@H]3[C@H](C(=O)[C@@H]4OC[C@H]3O4)[C@H]12. The first-order valence-corrected chi connectivity index (χ1v) is 7.36. The third-order valence-electron chi connectivity index (χ3n) is 4.47. The zero-order valence-electron chi connectivity index (χ0n) is 12.1. The van der Waals surface area contributed by atoms with Gasteiger partial charge in [0, 0.05) is 6.54 Å². The highest BCUT2D eigenvalue weighted by molar-refractivity contribution is 5.87. The predicted octanol–water partition coefficient (Wildman–Crippen LogP) is 0.499. The van der Waals surface area contributed by atoms with Crippen molar-refractivity contribution in [1.29, 1.82) is 0 Å². The van der Waals surface area contributed by atoms with Crippen molar-refractivity contribution in [2.24, 2.45) is 5.92 Å². The Labute approximate surface area is 118 Å². The monoisotopic (exact) mass is 283 g/mol. The number of carbonyl (C=O) groups excluding carboxylic acids is 1. The summed E-state index contributed by atoms with van der Waals surface area (Å²) in [5, 5.41) is 1.94. The van der Waals surface area contributed by atoms with Gasteiger partial charge in [0.1, 0.15) is 12.2 Å². The molecule has 0 aromatic rings. The Morgan fingerprint density at radius 1 is 1.35 bits per heavy atom. The van der Waals surface area contributed by atoms with Gasteiger partial charge in [-0.3, -0.25) is 9.63 Å². The summed E-state index contributed by atoms with van der Waals surface area (Å²) < 4.78 is 17.1. The minimum Gasteiger partial charge on any atom is -0.371 e. The van der Waals surface area contributed by atoms with Crippen LogP contribution in [0.2, 0.25) is 0 Å². The van der Waals surface area contributed by atoms with Crippen LogP contribution in [-0.4, -0.2) is 60.2 Å². The van der Waals surface area contributed by atoms with Crippen LogP contribution >= 0.6 is 0 Å². The quantitative estimate of drug-likeness (QED) is 0.698. The van der Waals surface area contributed by atoms with Crippen LogP contribution in [0.4, 0.5) is 0 Å². The summed E-state index contributed by atoms with van der Waals surface area (Å²) in [6, 6.07) is 0.00215. The van der Waals surface area contributed by atoms with Crippen molar-refractivity contribution >= 4 is 5.78 Å². The first-order valence-electron chi connectivity index (χ1n) is 7.36. The average molecular weight is 283 g/mol. The number of rotatable bonds is 1. The second kappa shape index (κ2) is 4.24. The fraction of sp³-hybridized carbons (Fsp3) is 0.929. The second-order valence-corrected chi connectivity index (χ2v) is 7.03. The Bertz CT molecular complexity index is 434. The summed E-state index contributed by atoms with van der Waals surface area (Å²) in [4.78, 5) is 18.5. The maximum absolute atomic E-state index is 12.5. The van der Waals surface area contributed by atoms with E-state index in [0.29, 0.717) is 6.61 Å². The molecule has 112 valence electrons. The summed E-state index contributed by atoms with van der Waals surface area (Å²) in [6.45, 7) is 7.39. The van der Waals surface area contributed by atoms with E-state index in [1.165, 1.54) is 0 Å². The van der Waals surface area contributed by atoms with E-state index in [2.05, 4.69) is 0 Å². The van der Waals surface area contributed by atoms with Crippen molar-refractivity contribution in [1.82, 2.24) is 5.06 Å². The van der Waals surface area contributed by atoms with Crippen LogP contribution in [0.15, 0.2) is 0 Å². The molecule has 4 rings (SSSR count). The molecular weight excluding hydrogens is 262 g/mol. The average Bonchev–Trinajstić information content (AvgIpc) is 2.99. The number of ether oxygens (including phenoxy) is 3. The van der Waals surface area contributed by atoms with Crippen LogP contribution in [0.25, 0.3) is 0 Å². The van der Waals surface area contributed by atoms with Gasteiger partial charge < -0.3 is 14.2 Å². The number of Topliss-reactive ketones (excluding diaryl/α,β-unsaturated/α-hetero) is 1. The van der Waals surface area contributed by atoms with Crippen LogP contribution in [0.3, 0.4) is 0 Å². The zero-order chi connectivity index (χ0) is 14.1. The molecule has 6 atom stereocenters. The molecule has 6 nitrogen and oxygen atoms in total. The topological polar surface area (TPSA) is 57.2 Å². The summed E-state index contributed by atoms with van der Waals surface area (Å²) in [5.74, 6) is -0.170. The lowest BCUT2D eigenvalue weighted by molar-refractivity contribution is -0.196. The van der Waals surface area contributed by atoms with Crippen molar-refractivity contribution in [2.45, 2.75) is 63.4 Å². The molecule has 0 amide bonds. The molecule has 4 saturated heterocycles. The number of ketones is 1. The lowest BCUT2D eigenvalue weighted by atomic mass is 9.84. The highest BCUT2D eigenvalue weighted by Crippen LogP contribution is 2.45. The first kappa shape index (κ1) is 13.2. The Kier molecular flexibility index (Phi) is 2.79. The number of hydroxylamine groups is 2. The molecule has 2 bridgehead atoms. The van der Waals surface area contributed by atoms with Crippen molar-refractivity contribution < 1.29 is 23.8 Å². The van der Waals surface area contributed by atoms with Gasteiger partial charge in [-0.05, 0) is 27.2 Å². The smallest absolute Gasteiger partial charge is 0.218 e. The summed E-state index contributed by atoms with van der Waals surface area (Å²) >= 11 is 0. The van der Waals surface area contributed by atoms with Crippen molar-refractivity contribution in [2.75, 3.05) is 13.2 Å². The van der Waals surface area contributed by atoms with Gasteiger partial charge in [-0.25, -0.2) is 0 Å². The van der Waals surface area contributed by atoms with Gasteiger partial charge in [0.2, 0.25) is 6.29 Å². The molecular formula is C14H21NO5. The molecule has 0 aromatic carbocycles. The van der Waals surface area contributed by atoms with Crippen molar-refractivity contribution in [3.8, 4) is 0 Å². The third kappa shape index (κ3) is 1.86. The van der Waals surface area contributed by atoms with Gasteiger partial charge >= 0.3 is 0 Å². The van der Waals surface area contributed by atoms with Crippen LogP contribution in [-0.2, 0) is 23.8 Å². The molecule has 4 heterocycles. The largest absolute Gasteiger partial charge is 0.371 e. The molecule has 0 aromatic heterocycles. The van der Waals surface area contributed by atoms with Gasteiger partial charge in [0.25, 0.3) is 0 Å². The van der Waals surface area contributed by atoms with Crippen LogP contribution < -0.4 is 0 Å². The fourth-order valence-electron chi connectivity index (χ4n) is 3.82. The molecule has 0 aliphatic carbocycles. The fourth-order valence-corrected chi connectivity index (χ4v) is 3.82. The highest BCUT2D eigenvalue weighted by atomic mass is 16.8. The van der Waals surface area contributed by atoms with Crippen molar-refractivity contribution in [3.63, 3.8) is 0 Å². The van der Waals surface area contributed by atoms with E-state index >= 15 is 0 Å². The zero-order valence-corrected chi connectivity index (χ0v) is 12.1. The number of fused-ring (bicyclic) bond motifs is 6. The molecule has 20 heavy (non-hydrogen) atoms. The van der Waals surface area contributed by atoms with E-state index in [1.54, 1.807) is 0 Å². The van der Waals surface area contributed by atoms with E-state index in [1.807, 2.05) is 25.8 Å². The molecule has 6 heteroatoms. The predicted molar refractivity (Wildman–Crippen MR) is 67.7 cm³/mol. The molecule has 0 unspecified atom stereocenters. The van der Waals surface area contributed by atoms with Gasteiger partial charge in [0.05, 0.1) is 30.3 Å².